The molecule has 0 aliphatic rings. The number of rotatable bonds is 3. The van der Waals surface area contributed by atoms with E-state index in [-0.39, 0.29) is 5.91 Å². The van der Waals surface area contributed by atoms with Gasteiger partial charge in [0.05, 0.1) is 11.9 Å². The molecule has 5 heteroatoms. The Morgan fingerprint density at radius 3 is 2.79 bits per heavy atom. The molecule has 0 fully saturated rings. The van der Waals surface area contributed by atoms with Gasteiger partial charge in [-0.15, -0.1) is 11.3 Å². The predicted molar refractivity (Wildman–Crippen MR) is 77.8 cm³/mol. The molecule has 0 bridgehead atoms. The van der Waals surface area contributed by atoms with Crippen LogP contribution < -0.4 is 5.43 Å². The fraction of sp³-hybridized carbons (Fsp3) is 0.214. The van der Waals surface area contributed by atoms with Gasteiger partial charge in [0.25, 0.3) is 5.91 Å². The number of amides is 1. The molecular formula is C14H15N3OS. The predicted octanol–water partition coefficient (Wildman–Crippen LogP) is 2.83. The van der Waals surface area contributed by atoms with Gasteiger partial charge in [-0.2, -0.15) is 5.10 Å². The molecule has 0 saturated heterocycles. The second-order valence-corrected chi connectivity index (χ2v) is 5.50. The molecule has 1 heterocycles. The maximum absolute atomic E-state index is 11.8. The molecule has 2 aromatic rings. The first-order chi connectivity index (χ1) is 9.06. The van der Waals surface area contributed by atoms with E-state index >= 15 is 0 Å². The first-order valence-electron chi connectivity index (χ1n) is 5.90. The quantitative estimate of drug-likeness (QED) is 0.690. The van der Waals surface area contributed by atoms with Gasteiger partial charge in [0.15, 0.2) is 0 Å². The zero-order valence-corrected chi connectivity index (χ0v) is 11.9. The summed E-state index contributed by atoms with van der Waals surface area (Å²) in [4.78, 5) is 17.3. The van der Waals surface area contributed by atoms with Crippen LogP contribution in [0.25, 0.3) is 0 Å². The zero-order valence-electron chi connectivity index (χ0n) is 11.1. The Morgan fingerprint density at radius 2 is 2.16 bits per heavy atom. The summed E-state index contributed by atoms with van der Waals surface area (Å²) in [5.41, 5.74) is 5.14. The van der Waals surface area contributed by atoms with Crippen LogP contribution in [0.3, 0.4) is 0 Å². The van der Waals surface area contributed by atoms with Gasteiger partial charge >= 0.3 is 0 Å². The number of aromatic nitrogens is 1. The molecule has 0 aliphatic carbocycles. The summed E-state index contributed by atoms with van der Waals surface area (Å²) in [6.45, 7) is 5.91. The van der Waals surface area contributed by atoms with Crippen molar-refractivity contribution in [2.75, 3.05) is 0 Å². The number of nitrogens with zero attached hydrogens (tertiary/aromatic N) is 2. The molecule has 0 radical (unpaired) electrons. The minimum atomic E-state index is -0.218. The molecule has 1 aromatic heterocycles. The van der Waals surface area contributed by atoms with E-state index in [1.807, 2.05) is 39.0 Å². The number of hydrazone groups is 1. The van der Waals surface area contributed by atoms with Gasteiger partial charge in [0.2, 0.25) is 0 Å². The van der Waals surface area contributed by atoms with E-state index in [1.165, 1.54) is 0 Å². The lowest BCUT2D eigenvalue weighted by molar-refractivity contribution is 0.0955. The lowest BCUT2D eigenvalue weighted by Gasteiger charge is -2.00. The van der Waals surface area contributed by atoms with Crippen molar-refractivity contribution in [2.24, 2.45) is 5.10 Å². The largest absolute Gasteiger partial charge is 0.271 e. The van der Waals surface area contributed by atoms with E-state index < -0.39 is 0 Å². The van der Waals surface area contributed by atoms with Gasteiger partial charge in [0.1, 0.15) is 5.01 Å². The summed E-state index contributed by atoms with van der Waals surface area (Å²) < 4.78 is 0. The third-order valence-corrected chi connectivity index (χ3v) is 3.67. The lowest BCUT2D eigenvalue weighted by atomic mass is 10.1. The Morgan fingerprint density at radius 1 is 1.37 bits per heavy atom. The van der Waals surface area contributed by atoms with E-state index in [4.69, 9.17) is 0 Å². The van der Waals surface area contributed by atoms with Crippen LogP contribution in [0.4, 0.5) is 0 Å². The van der Waals surface area contributed by atoms with Crippen LogP contribution in [0.15, 0.2) is 29.4 Å². The van der Waals surface area contributed by atoms with E-state index in [0.717, 1.165) is 21.1 Å². The Balaban J connectivity index is 2.00. The van der Waals surface area contributed by atoms with Crippen LogP contribution in [0.5, 0.6) is 0 Å². The van der Waals surface area contributed by atoms with Crippen LogP contribution in [0, 0.1) is 20.8 Å². The molecule has 98 valence electrons. The number of nitrogens with one attached hydrogen (secondary N) is 1. The third kappa shape index (κ3) is 3.48. The average Bonchev–Trinajstić information content (AvgIpc) is 2.68. The number of aryl methyl sites for hydroxylation is 3. The normalized spacial score (nSPS) is 10.9. The van der Waals surface area contributed by atoms with Crippen LogP contribution in [-0.2, 0) is 0 Å². The average molecular weight is 273 g/mol. The first kappa shape index (κ1) is 13.4. The summed E-state index contributed by atoms with van der Waals surface area (Å²) in [5.74, 6) is -0.218. The standard InChI is InChI=1S/C14H15N3OS/c1-9-5-4-6-12(7-9)14(18)17-15-8-13-16-10(2)11(3)19-13/h4-8H,1-3H3,(H,17,18)/b15-8-. The van der Waals surface area contributed by atoms with Gasteiger partial charge in [0, 0.05) is 10.4 Å². The number of hydrogen-bond donors (Lipinski definition) is 1. The highest BCUT2D eigenvalue weighted by Crippen LogP contribution is 2.14. The Hall–Kier alpha value is -2.01. The van der Waals surface area contributed by atoms with Crippen LogP contribution >= 0.6 is 11.3 Å². The molecule has 19 heavy (non-hydrogen) atoms. The smallest absolute Gasteiger partial charge is 0.267 e. The molecule has 1 N–H and O–H groups in total. The fourth-order valence-corrected chi connectivity index (χ4v) is 2.34. The second-order valence-electron chi connectivity index (χ2n) is 4.26. The van der Waals surface area contributed by atoms with Gasteiger partial charge in [-0.3, -0.25) is 4.79 Å². The summed E-state index contributed by atoms with van der Waals surface area (Å²) in [6.07, 6.45) is 1.57. The Labute approximate surface area is 116 Å². The topological polar surface area (TPSA) is 54.4 Å². The zero-order chi connectivity index (χ0) is 13.8. The summed E-state index contributed by atoms with van der Waals surface area (Å²) >= 11 is 1.55. The molecule has 0 atom stereocenters. The molecular weight excluding hydrogens is 258 g/mol. The molecule has 0 spiro atoms. The van der Waals surface area contributed by atoms with E-state index in [2.05, 4.69) is 15.5 Å². The number of carbonyl (C=O) groups is 1. The van der Waals surface area contributed by atoms with Crippen molar-refractivity contribution >= 4 is 23.5 Å². The number of benzene rings is 1. The summed E-state index contributed by atoms with van der Waals surface area (Å²) in [5, 5.41) is 4.72. The van der Waals surface area contributed by atoms with Gasteiger partial charge in [-0.25, -0.2) is 10.4 Å². The minimum Gasteiger partial charge on any atom is -0.267 e. The van der Waals surface area contributed by atoms with Crippen molar-refractivity contribution in [1.29, 1.82) is 0 Å². The second kappa shape index (κ2) is 5.75. The van der Waals surface area contributed by atoms with Gasteiger partial charge < -0.3 is 0 Å². The van der Waals surface area contributed by atoms with Crippen LogP contribution in [-0.4, -0.2) is 17.1 Å². The van der Waals surface area contributed by atoms with E-state index in [9.17, 15) is 4.79 Å². The van der Waals surface area contributed by atoms with E-state index in [1.54, 1.807) is 23.6 Å². The van der Waals surface area contributed by atoms with Crippen molar-refractivity contribution in [1.82, 2.24) is 10.4 Å². The highest BCUT2D eigenvalue weighted by atomic mass is 32.1. The Bertz CT molecular complexity index is 612. The van der Waals surface area contributed by atoms with Crippen molar-refractivity contribution < 1.29 is 4.79 Å². The lowest BCUT2D eigenvalue weighted by Crippen LogP contribution is -2.17. The third-order valence-electron chi connectivity index (χ3n) is 2.67. The van der Waals surface area contributed by atoms with Crippen molar-refractivity contribution in [3.63, 3.8) is 0 Å². The highest BCUT2D eigenvalue weighted by molar-refractivity contribution is 7.13. The van der Waals surface area contributed by atoms with Crippen LogP contribution in [0.1, 0.15) is 31.5 Å². The van der Waals surface area contributed by atoms with Gasteiger partial charge in [-0.1, -0.05) is 17.7 Å². The van der Waals surface area contributed by atoms with Crippen molar-refractivity contribution in [2.45, 2.75) is 20.8 Å². The Kier molecular flexibility index (Phi) is 4.06. The first-order valence-corrected chi connectivity index (χ1v) is 6.72. The molecule has 0 saturated carbocycles. The highest BCUT2D eigenvalue weighted by Gasteiger charge is 2.04. The molecule has 4 nitrogen and oxygen atoms in total. The molecule has 1 amide bonds. The molecule has 0 aliphatic heterocycles. The van der Waals surface area contributed by atoms with Crippen LogP contribution in [0.2, 0.25) is 0 Å². The van der Waals surface area contributed by atoms with Crippen molar-refractivity contribution in [3.05, 3.63) is 51.0 Å². The summed E-state index contributed by atoms with van der Waals surface area (Å²) in [7, 11) is 0. The minimum absolute atomic E-state index is 0.218. The SMILES string of the molecule is Cc1cccc(C(=O)N/N=C\c2nc(C)c(C)s2)c1. The summed E-state index contributed by atoms with van der Waals surface area (Å²) in [6, 6.07) is 7.38. The molecule has 1 aromatic carbocycles. The fourth-order valence-electron chi connectivity index (χ4n) is 1.55. The maximum atomic E-state index is 11.8. The maximum Gasteiger partial charge on any atom is 0.271 e. The monoisotopic (exact) mass is 273 g/mol. The van der Waals surface area contributed by atoms with Gasteiger partial charge in [-0.05, 0) is 32.9 Å². The number of hydrogen-bond acceptors (Lipinski definition) is 4. The number of thiazole rings is 1. The molecule has 0 unspecified atom stereocenters. The number of carbonyl (C=O) groups excluding carboxylic acids is 1. The molecule has 2 rings (SSSR count). The van der Waals surface area contributed by atoms with E-state index in [0.29, 0.717) is 5.56 Å². The van der Waals surface area contributed by atoms with Crippen molar-refractivity contribution in [3.8, 4) is 0 Å².